The Kier molecular flexibility index (Phi) is 3.70. The lowest BCUT2D eigenvalue weighted by atomic mass is 10.0. The van der Waals surface area contributed by atoms with Gasteiger partial charge in [-0.25, -0.2) is 4.99 Å². The van der Waals surface area contributed by atoms with E-state index in [0.29, 0.717) is 0 Å². The first-order valence-electron chi connectivity index (χ1n) is 6.39. The molecule has 1 aliphatic carbocycles. The van der Waals surface area contributed by atoms with Crippen molar-refractivity contribution in [1.82, 2.24) is 0 Å². The molecule has 1 aromatic rings. The monoisotopic (exact) mass is 252 g/mol. The summed E-state index contributed by atoms with van der Waals surface area (Å²) in [6, 6.07) is 6.32. The van der Waals surface area contributed by atoms with E-state index in [4.69, 9.17) is 4.99 Å². The highest BCUT2D eigenvalue weighted by atomic mass is 15.1. The minimum absolute atomic E-state index is 1.01. The molecule has 19 heavy (non-hydrogen) atoms. The van der Waals surface area contributed by atoms with E-state index < -0.39 is 0 Å². The van der Waals surface area contributed by atoms with E-state index in [2.05, 4.69) is 49.6 Å². The van der Waals surface area contributed by atoms with Gasteiger partial charge in [0.2, 0.25) is 0 Å². The second-order valence-corrected chi connectivity index (χ2v) is 5.10. The van der Waals surface area contributed by atoms with Crippen LogP contribution in [0, 0.1) is 6.92 Å². The van der Waals surface area contributed by atoms with Crippen LogP contribution >= 0.6 is 0 Å². The van der Waals surface area contributed by atoms with E-state index in [1.807, 2.05) is 26.2 Å². The van der Waals surface area contributed by atoms with Crippen LogP contribution in [0.1, 0.15) is 12.5 Å². The first-order valence-corrected chi connectivity index (χ1v) is 6.39. The van der Waals surface area contributed by atoms with Crippen molar-refractivity contribution in [1.29, 1.82) is 0 Å². The number of hydrogen-bond acceptors (Lipinski definition) is 2. The summed E-state index contributed by atoms with van der Waals surface area (Å²) < 4.78 is 0. The molecular weight excluding hydrogens is 232 g/mol. The standard InChI is InChI=1S/C17H20N2/c1-12-6-8-16(13(2)10-12)18-17-9-7-15(19(4)5)11-14(17)3/h6-11H,1H2,2-5H3. The number of rotatable bonds is 2. The maximum Gasteiger partial charge on any atom is 0.0667 e. The molecular formula is C17H20N2. The quantitative estimate of drug-likeness (QED) is 0.770. The fourth-order valence-corrected chi connectivity index (χ4v) is 2.02. The second kappa shape index (κ2) is 5.27. The summed E-state index contributed by atoms with van der Waals surface area (Å²) in [5, 5.41) is 0. The van der Waals surface area contributed by atoms with Gasteiger partial charge in [-0.15, -0.1) is 0 Å². The molecule has 98 valence electrons. The number of anilines is 1. The fraction of sp³-hybridized carbons (Fsp3) is 0.235. The third kappa shape index (κ3) is 3.02. The molecule has 0 saturated heterocycles. The van der Waals surface area contributed by atoms with Crippen LogP contribution in [0.25, 0.3) is 0 Å². The highest BCUT2D eigenvalue weighted by Crippen LogP contribution is 2.25. The van der Waals surface area contributed by atoms with Crippen molar-refractivity contribution in [2.75, 3.05) is 19.0 Å². The molecule has 2 nitrogen and oxygen atoms in total. The predicted octanol–water partition coefficient (Wildman–Crippen LogP) is 4.21. The Morgan fingerprint density at radius 1 is 1.11 bits per heavy atom. The average molecular weight is 252 g/mol. The normalized spacial score (nSPS) is 16.7. The van der Waals surface area contributed by atoms with E-state index in [1.165, 1.54) is 11.3 Å². The van der Waals surface area contributed by atoms with Crippen LogP contribution < -0.4 is 4.90 Å². The number of hydrogen-bond donors (Lipinski definition) is 0. The number of aliphatic imine (C=N–C) groups is 1. The summed E-state index contributed by atoms with van der Waals surface area (Å²) in [4.78, 5) is 6.83. The average Bonchev–Trinajstić information content (AvgIpc) is 2.34. The fourth-order valence-electron chi connectivity index (χ4n) is 2.02. The molecule has 1 aromatic carbocycles. The number of allylic oxidation sites excluding steroid dienone is 5. The molecule has 0 saturated carbocycles. The third-order valence-electron chi connectivity index (χ3n) is 3.20. The van der Waals surface area contributed by atoms with Gasteiger partial charge in [0.1, 0.15) is 0 Å². The summed E-state index contributed by atoms with van der Waals surface area (Å²) in [5.41, 5.74) is 6.59. The van der Waals surface area contributed by atoms with Crippen LogP contribution in [0.3, 0.4) is 0 Å². The summed E-state index contributed by atoms with van der Waals surface area (Å²) in [7, 11) is 4.09. The van der Waals surface area contributed by atoms with Gasteiger partial charge in [-0.3, -0.25) is 0 Å². The SMILES string of the molecule is C=C1C=CC(=Nc2ccc(N(C)C)cc2C)C(C)=C1. The maximum absolute atomic E-state index is 4.74. The highest BCUT2D eigenvalue weighted by Gasteiger charge is 2.06. The zero-order chi connectivity index (χ0) is 14.0. The van der Waals surface area contributed by atoms with Crippen molar-refractivity contribution < 1.29 is 0 Å². The molecule has 0 radical (unpaired) electrons. The van der Waals surface area contributed by atoms with Gasteiger partial charge in [0.15, 0.2) is 0 Å². The van der Waals surface area contributed by atoms with Gasteiger partial charge in [0, 0.05) is 19.8 Å². The van der Waals surface area contributed by atoms with Crippen LogP contribution in [-0.2, 0) is 0 Å². The predicted molar refractivity (Wildman–Crippen MR) is 84.6 cm³/mol. The smallest absolute Gasteiger partial charge is 0.0667 e. The van der Waals surface area contributed by atoms with Crippen LogP contribution in [0.4, 0.5) is 11.4 Å². The lowest BCUT2D eigenvalue weighted by molar-refractivity contribution is 1.13. The first-order chi connectivity index (χ1) is 8.97. The van der Waals surface area contributed by atoms with Crippen molar-refractivity contribution in [2.24, 2.45) is 4.99 Å². The summed E-state index contributed by atoms with van der Waals surface area (Å²) in [6.07, 6.45) is 6.08. The van der Waals surface area contributed by atoms with Crippen molar-refractivity contribution in [3.05, 3.63) is 59.7 Å². The topological polar surface area (TPSA) is 15.6 Å². The Hall–Kier alpha value is -2.09. The zero-order valence-corrected chi connectivity index (χ0v) is 12.1. The molecule has 0 spiro atoms. The molecule has 0 amide bonds. The van der Waals surface area contributed by atoms with Crippen molar-refractivity contribution in [2.45, 2.75) is 13.8 Å². The molecule has 0 unspecified atom stereocenters. The summed E-state index contributed by atoms with van der Waals surface area (Å²) in [5.74, 6) is 0. The summed E-state index contributed by atoms with van der Waals surface area (Å²) in [6.45, 7) is 8.09. The Morgan fingerprint density at radius 2 is 1.84 bits per heavy atom. The van der Waals surface area contributed by atoms with Crippen LogP contribution in [0.5, 0.6) is 0 Å². The zero-order valence-electron chi connectivity index (χ0n) is 12.1. The lowest BCUT2D eigenvalue weighted by Gasteiger charge is -2.14. The van der Waals surface area contributed by atoms with Gasteiger partial charge in [0.25, 0.3) is 0 Å². The molecule has 0 bridgehead atoms. The van der Waals surface area contributed by atoms with Crippen LogP contribution in [-0.4, -0.2) is 19.8 Å². The number of benzene rings is 1. The van der Waals surface area contributed by atoms with Crippen molar-refractivity contribution in [3.63, 3.8) is 0 Å². The van der Waals surface area contributed by atoms with Crippen LogP contribution in [0.15, 0.2) is 59.1 Å². The molecule has 0 heterocycles. The van der Waals surface area contributed by atoms with Gasteiger partial charge in [-0.05, 0) is 54.8 Å². The van der Waals surface area contributed by atoms with Crippen molar-refractivity contribution >= 4 is 17.1 Å². The molecule has 2 rings (SSSR count). The van der Waals surface area contributed by atoms with Gasteiger partial charge in [0.05, 0.1) is 11.4 Å². The summed E-state index contributed by atoms with van der Waals surface area (Å²) >= 11 is 0. The van der Waals surface area contributed by atoms with Crippen molar-refractivity contribution in [3.8, 4) is 0 Å². The van der Waals surface area contributed by atoms with Gasteiger partial charge in [-0.2, -0.15) is 0 Å². The second-order valence-electron chi connectivity index (χ2n) is 5.10. The molecule has 0 N–H and O–H groups in total. The lowest BCUT2D eigenvalue weighted by Crippen LogP contribution is -2.08. The molecule has 1 aliphatic rings. The highest BCUT2D eigenvalue weighted by molar-refractivity contribution is 6.11. The van der Waals surface area contributed by atoms with Gasteiger partial charge >= 0.3 is 0 Å². The first kappa shape index (κ1) is 13.3. The Bertz CT molecular complexity index is 602. The molecule has 0 fully saturated rings. The molecule has 0 aromatic heterocycles. The maximum atomic E-state index is 4.74. The molecule has 2 heteroatoms. The largest absolute Gasteiger partial charge is 0.378 e. The Labute approximate surface area is 115 Å². The Morgan fingerprint density at radius 3 is 2.42 bits per heavy atom. The minimum atomic E-state index is 1.01. The van der Waals surface area contributed by atoms with E-state index in [9.17, 15) is 0 Å². The van der Waals surface area contributed by atoms with E-state index in [-0.39, 0.29) is 0 Å². The van der Waals surface area contributed by atoms with Gasteiger partial charge in [-0.1, -0.05) is 18.7 Å². The van der Waals surface area contributed by atoms with E-state index >= 15 is 0 Å². The molecule has 0 atom stereocenters. The van der Waals surface area contributed by atoms with E-state index in [1.54, 1.807) is 0 Å². The number of aryl methyl sites for hydroxylation is 1. The minimum Gasteiger partial charge on any atom is -0.378 e. The van der Waals surface area contributed by atoms with Gasteiger partial charge < -0.3 is 4.90 Å². The third-order valence-corrected chi connectivity index (χ3v) is 3.20. The Balaban J connectivity index is 2.36. The molecule has 0 aliphatic heterocycles. The number of nitrogens with zero attached hydrogens (tertiary/aromatic N) is 2. The van der Waals surface area contributed by atoms with E-state index in [0.717, 1.165) is 22.5 Å². The van der Waals surface area contributed by atoms with Crippen LogP contribution in [0.2, 0.25) is 0 Å².